The summed E-state index contributed by atoms with van der Waals surface area (Å²) >= 11 is 5.85. The van der Waals surface area contributed by atoms with Crippen molar-refractivity contribution in [1.29, 1.82) is 0 Å². The average Bonchev–Trinajstić information content (AvgIpc) is 2.90. The molecule has 0 bridgehead atoms. The second kappa shape index (κ2) is 13.8. The van der Waals surface area contributed by atoms with Gasteiger partial charge in [0.1, 0.15) is 0 Å². The van der Waals surface area contributed by atoms with Crippen molar-refractivity contribution in [2.24, 2.45) is 0 Å². The Balaban J connectivity index is 1.77. The lowest BCUT2D eigenvalue weighted by atomic mass is 10.0. The van der Waals surface area contributed by atoms with E-state index in [1.807, 2.05) is 41.2 Å². The number of benzene rings is 2. The standard InChI is InChI=1S/C29H38O2S5/c1-7-31-28(30)11-9-8-10-22-12-14-23(15-13-22)16-17-24-19-27-25(18-26(24)32-2)20-29(33-3,34-4)21-36(27,6)35-5/h12-15,18-19H,7-11,20-21H2,1-6H3. The molecule has 3 rings (SSSR count). The Labute approximate surface area is 236 Å². The van der Waals surface area contributed by atoms with E-state index in [9.17, 15) is 4.79 Å². The first kappa shape index (κ1) is 29.8. The molecule has 0 spiro atoms. The van der Waals surface area contributed by atoms with Crippen molar-refractivity contribution in [3.8, 4) is 11.8 Å². The van der Waals surface area contributed by atoms with Crippen LogP contribution in [0.3, 0.4) is 0 Å². The van der Waals surface area contributed by atoms with Crippen LogP contribution in [0.4, 0.5) is 0 Å². The van der Waals surface area contributed by atoms with Crippen molar-refractivity contribution >= 4 is 61.1 Å². The van der Waals surface area contributed by atoms with E-state index in [1.165, 1.54) is 26.7 Å². The molecule has 0 saturated heterocycles. The van der Waals surface area contributed by atoms with Crippen molar-refractivity contribution in [2.45, 2.75) is 52.9 Å². The summed E-state index contributed by atoms with van der Waals surface area (Å²) in [5.41, 5.74) is 4.99. The molecule has 1 heterocycles. The number of carbonyl (C=O) groups excluding carboxylic acids is 1. The van der Waals surface area contributed by atoms with Crippen LogP contribution in [0.2, 0.25) is 0 Å². The lowest BCUT2D eigenvalue weighted by Gasteiger charge is -2.48. The van der Waals surface area contributed by atoms with Gasteiger partial charge in [-0.05, 0) is 99.3 Å². The number of hydrogen-bond donors (Lipinski definition) is 0. The summed E-state index contributed by atoms with van der Waals surface area (Å²) in [6, 6.07) is 13.4. The number of rotatable bonds is 10. The zero-order chi connectivity index (χ0) is 26.2. The largest absolute Gasteiger partial charge is 0.466 e. The third-order valence-electron chi connectivity index (χ3n) is 6.61. The molecule has 0 N–H and O–H groups in total. The molecule has 1 aliphatic rings. The first-order valence-corrected chi connectivity index (χ1v) is 19.8. The first-order valence-electron chi connectivity index (χ1n) is 12.2. The van der Waals surface area contributed by atoms with Gasteiger partial charge < -0.3 is 4.74 Å². The summed E-state index contributed by atoms with van der Waals surface area (Å²) in [4.78, 5) is 14.3. The van der Waals surface area contributed by atoms with E-state index in [-0.39, 0.29) is 10.0 Å². The number of ether oxygens (including phenoxy) is 1. The summed E-state index contributed by atoms with van der Waals surface area (Å²) in [7, 11) is 1.09. The number of fused-ring (bicyclic) bond motifs is 1. The topological polar surface area (TPSA) is 26.3 Å². The molecule has 2 aromatic rings. The number of carbonyl (C=O) groups is 1. The minimum absolute atomic E-state index is 0.0952. The average molecular weight is 579 g/mol. The van der Waals surface area contributed by atoms with E-state index in [0.29, 0.717) is 13.0 Å². The first-order chi connectivity index (χ1) is 17.3. The third kappa shape index (κ3) is 7.41. The third-order valence-corrected chi connectivity index (χ3v) is 17.0. The van der Waals surface area contributed by atoms with Gasteiger partial charge in [0.25, 0.3) is 0 Å². The highest BCUT2D eigenvalue weighted by atomic mass is 33.2. The summed E-state index contributed by atoms with van der Waals surface area (Å²) in [6.07, 6.45) is 15.9. The second-order valence-corrected chi connectivity index (χ2v) is 18.7. The fourth-order valence-corrected chi connectivity index (χ4v) is 13.5. The molecule has 36 heavy (non-hydrogen) atoms. The molecule has 196 valence electrons. The Morgan fingerprint density at radius 2 is 1.78 bits per heavy atom. The fraction of sp³-hybridized carbons (Fsp3) is 0.483. The fourth-order valence-electron chi connectivity index (χ4n) is 4.47. The summed E-state index contributed by atoms with van der Waals surface area (Å²) in [5, 5.41) is 0. The molecule has 7 heteroatoms. The van der Waals surface area contributed by atoms with Crippen LogP contribution in [-0.4, -0.2) is 53.7 Å². The van der Waals surface area contributed by atoms with Gasteiger partial charge in [-0.2, -0.15) is 9.06 Å². The lowest BCUT2D eigenvalue weighted by molar-refractivity contribution is -0.143. The number of hydrogen-bond acceptors (Lipinski definition) is 6. The molecule has 1 atom stereocenters. The molecule has 1 aliphatic heterocycles. The van der Waals surface area contributed by atoms with Crippen LogP contribution in [0, 0.1) is 11.8 Å². The summed E-state index contributed by atoms with van der Waals surface area (Å²) in [6.45, 7) is 2.31. The van der Waals surface area contributed by atoms with Crippen LogP contribution in [0.5, 0.6) is 0 Å². The van der Waals surface area contributed by atoms with Crippen molar-refractivity contribution in [1.82, 2.24) is 0 Å². The van der Waals surface area contributed by atoms with Crippen LogP contribution < -0.4 is 0 Å². The van der Waals surface area contributed by atoms with E-state index in [1.54, 1.807) is 11.8 Å². The quantitative estimate of drug-likeness (QED) is 0.0705. The molecule has 0 aliphatic carbocycles. The zero-order valence-corrected chi connectivity index (χ0v) is 26.4. The summed E-state index contributed by atoms with van der Waals surface area (Å²) in [5.74, 6) is 8.07. The maximum absolute atomic E-state index is 11.5. The summed E-state index contributed by atoms with van der Waals surface area (Å²) < 4.78 is 5.27. The van der Waals surface area contributed by atoms with E-state index in [4.69, 9.17) is 4.74 Å². The van der Waals surface area contributed by atoms with Gasteiger partial charge in [-0.25, -0.2) is 0 Å². The van der Waals surface area contributed by atoms with Crippen LogP contribution >= 0.6 is 55.1 Å². The Morgan fingerprint density at radius 3 is 2.39 bits per heavy atom. The van der Waals surface area contributed by atoms with Gasteiger partial charge in [0, 0.05) is 33.1 Å². The molecule has 0 aromatic heterocycles. The van der Waals surface area contributed by atoms with Crippen molar-refractivity contribution in [3.63, 3.8) is 0 Å². The lowest BCUT2D eigenvalue weighted by Crippen LogP contribution is -2.34. The van der Waals surface area contributed by atoms with Gasteiger partial charge in [0.2, 0.25) is 0 Å². The van der Waals surface area contributed by atoms with Gasteiger partial charge >= 0.3 is 5.97 Å². The monoisotopic (exact) mass is 578 g/mol. The predicted molar refractivity (Wildman–Crippen MR) is 168 cm³/mol. The minimum Gasteiger partial charge on any atom is -0.466 e. The van der Waals surface area contributed by atoms with Crippen LogP contribution in [0.1, 0.15) is 48.4 Å². The van der Waals surface area contributed by atoms with Gasteiger partial charge in [-0.3, -0.25) is 4.79 Å². The number of esters is 1. The molecular weight excluding hydrogens is 541 g/mol. The van der Waals surface area contributed by atoms with Crippen LogP contribution in [0.15, 0.2) is 46.2 Å². The minimum atomic E-state index is -0.956. The van der Waals surface area contributed by atoms with E-state index in [2.05, 4.69) is 79.5 Å². The van der Waals surface area contributed by atoms with E-state index >= 15 is 0 Å². The molecular formula is C29H38O2S5. The highest BCUT2D eigenvalue weighted by Gasteiger charge is 2.42. The van der Waals surface area contributed by atoms with Crippen molar-refractivity contribution in [2.75, 3.05) is 43.6 Å². The highest BCUT2D eigenvalue weighted by molar-refractivity contribution is 8.94. The maximum atomic E-state index is 11.5. The van der Waals surface area contributed by atoms with Crippen molar-refractivity contribution in [3.05, 3.63) is 58.7 Å². The molecule has 0 fully saturated rings. The normalized spacial score (nSPS) is 19.9. The van der Waals surface area contributed by atoms with Gasteiger partial charge in [0.05, 0.1) is 10.7 Å². The predicted octanol–water partition coefficient (Wildman–Crippen LogP) is 8.13. The molecule has 0 amide bonds. The number of aryl methyl sites for hydroxylation is 1. The van der Waals surface area contributed by atoms with Gasteiger partial charge in [-0.15, -0.1) is 46.1 Å². The molecule has 2 aromatic carbocycles. The van der Waals surface area contributed by atoms with E-state index < -0.39 is 9.06 Å². The van der Waals surface area contributed by atoms with Crippen molar-refractivity contribution < 1.29 is 9.53 Å². The van der Waals surface area contributed by atoms with Gasteiger partial charge in [-0.1, -0.05) is 24.0 Å². The molecule has 0 radical (unpaired) electrons. The number of unbranched alkanes of at least 4 members (excludes halogenated alkanes) is 1. The smallest absolute Gasteiger partial charge is 0.305 e. The van der Waals surface area contributed by atoms with Crippen LogP contribution in [0.25, 0.3) is 0 Å². The van der Waals surface area contributed by atoms with Crippen LogP contribution in [-0.2, 0) is 22.4 Å². The molecule has 1 unspecified atom stereocenters. The molecule has 0 saturated carbocycles. The Hall–Kier alpha value is -0.780. The SMILES string of the molecule is CCOC(=O)CCCCc1ccc(C#Cc2cc3c(cc2SC)CC(SC)(SC)CS3(C)SC)cc1. The Bertz CT molecular complexity index is 1100. The Morgan fingerprint density at radius 1 is 1.06 bits per heavy atom. The van der Waals surface area contributed by atoms with E-state index in [0.717, 1.165) is 36.8 Å². The number of thioether (sulfide) groups is 3. The maximum Gasteiger partial charge on any atom is 0.305 e. The van der Waals surface area contributed by atoms with Gasteiger partial charge in [0.15, 0.2) is 0 Å². The zero-order valence-electron chi connectivity index (χ0n) is 22.3. The molecule has 2 nitrogen and oxygen atoms in total. The second-order valence-electron chi connectivity index (χ2n) is 8.93. The Kier molecular flexibility index (Phi) is 11.5. The highest BCUT2D eigenvalue weighted by Crippen LogP contribution is 2.70.